The third kappa shape index (κ3) is 6.69. The Morgan fingerprint density at radius 3 is 2.12 bits per heavy atom. The molecule has 0 radical (unpaired) electrons. The highest BCUT2D eigenvalue weighted by atomic mass is 35.5. The van der Waals surface area contributed by atoms with Crippen molar-refractivity contribution < 1.29 is 14.3 Å². The van der Waals surface area contributed by atoms with Crippen LogP contribution in [0.4, 0.5) is 22.0 Å². The first-order chi connectivity index (χ1) is 20.5. The molecule has 2 fully saturated rings. The van der Waals surface area contributed by atoms with E-state index in [0.29, 0.717) is 66.8 Å². The Morgan fingerprint density at radius 2 is 1.49 bits per heavy atom. The van der Waals surface area contributed by atoms with E-state index in [4.69, 9.17) is 14.7 Å². The number of likely N-dealkylation sites (N-methyl/N-ethyl adjacent to an activating group) is 1. The molecule has 0 aliphatic carbocycles. The first kappa shape index (κ1) is 30.1. The SMILES string of the molecule is CCn1nnc2c(N3CCOCC3)nc(-c3ccc(NC(=O)Nc4ccc(C(=O)N5CCN(C)CC5)cc4)cc3)nc21.Cl. The molecule has 4 aromatic rings. The highest BCUT2D eigenvalue weighted by Gasteiger charge is 2.22. The molecule has 2 aliphatic rings. The number of aromatic nitrogens is 5. The lowest BCUT2D eigenvalue weighted by Crippen LogP contribution is -2.47. The number of piperazine rings is 1. The number of hydrogen-bond donors (Lipinski definition) is 2. The van der Waals surface area contributed by atoms with Gasteiger partial charge in [0.1, 0.15) is 0 Å². The maximum Gasteiger partial charge on any atom is 0.323 e. The van der Waals surface area contributed by atoms with Gasteiger partial charge in [-0.15, -0.1) is 17.5 Å². The monoisotopic (exact) mass is 606 g/mol. The maximum absolute atomic E-state index is 12.8. The summed E-state index contributed by atoms with van der Waals surface area (Å²) in [5.74, 6) is 1.31. The zero-order valence-electron chi connectivity index (χ0n) is 24.2. The highest BCUT2D eigenvalue weighted by Crippen LogP contribution is 2.27. The minimum absolute atomic E-state index is 0. The number of carbonyl (C=O) groups is 2. The minimum Gasteiger partial charge on any atom is -0.378 e. The Labute approximate surface area is 255 Å². The molecule has 2 aliphatic heterocycles. The molecule has 2 aromatic carbocycles. The van der Waals surface area contributed by atoms with Crippen molar-refractivity contribution in [3.05, 3.63) is 54.1 Å². The van der Waals surface area contributed by atoms with Gasteiger partial charge in [0, 0.05) is 68.3 Å². The molecule has 0 bridgehead atoms. The molecule has 43 heavy (non-hydrogen) atoms. The van der Waals surface area contributed by atoms with Crippen molar-refractivity contribution in [2.45, 2.75) is 13.5 Å². The molecule has 14 heteroatoms. The second-order valence-electron chi connectivity index (χ2n) is 10.4. The summed E-state index contributed by atoms with van der Waals surface area (Å²) in [4.78, 5) is 41.3. The van der Waals surface area contributed by atoms with E-state index >= 15 is 0 Å². The van der Waals surface area contributed by atoms with E-state index in [1.165, 1.54) is 0 Å². The van der Waals surface area contributed by atoms with E-state index in [1.807, 2.05) is 36.1 Å². The standard InChI is InChI=1S/C29H34N10O3.ClH/c1-3-39-27-24(34-35-39)26(37-16-18-42-19-17-37)32-25(33-27)20-4-8-22(9-5-20)30-29(41)31-23-10-6-21(7-11-23)28(40)38-14-12-36(2)13-15-38;/h4-11H,3,12-19H2,1-2H3,(H2,30,31,41);1H. The van der Waals surface area contributed by atoms with Crippen LogP contribution in [-0.2, 0) is 11.3 Å². The summed E-state index contributed by atoms with van der Waals surface area (Å²) in [6.07, 6.45) is 0. The van der Waals surface area contributed by atoms with E-state index in [1.54, 1.807) is 28.9 Å². The number of anilines is 3. The van der Waals surface area contributed by atoms with Crippen LogP contribution >= 0.6 is 12.4 Å². The fourth-order valence-corrected chi connectivity index (χ4v) is 5.06. The quantitative estimate of drug-likeness (QED) is 0.339. The zero-order chi connectivity index (χ0) is 29.1. The molecule has 2 N–H and O–H groups in total. The van der Waals surface area contributed by atoms with Gasteiger partial charge in [-0.25, -0.2) is 19.4 Å². The molecule has 13 nitrogen and oxygen atoms in total. The van der Waals surface area contributed by atoms with Gasteiger partial charge in [-0.2, -0.15) is 0 Å². The molecule has 3 amide bonds. The van der Waals surface area contributed by atoms with Crippen molar-refractivity contribution in [3.63, 3.8) is 0 Å². The lowest BCUT2D eigenvalue weighted by Gasteiger charge is -2.32. The van der Waals surface area contributed by atoms with Crippen molar-refractivity contribution in [1.29, 1.82) is 0 Å². The van der Waals surface area contributed by atoms with Crippen LogP contribution in [0.1, 0.15) is 17.3 Å². The Kier molecular flexibility index (Phi) is 9.34. The van der Waals surface area contributed by atoms with E-state index in [2.05, 4.69) is 37.8 Å². The molecule has 0 saturated carbocycles. The third-order valence-corrected chi connectivity index (χ3v) is 7.54. The maximum atomic E-state index is 12.8. The number of halogens is 1. The molecular weight excluding hydrogens is 572 g/mol. The largest absolute Gasteiger partial charge is 0.378 e. The number of morpholine rings is 1. The van der Waals surface area contributed by atoms with Gasteiger partial charge in [-0.3, -0.25) is 4.79 Å². The number of rotatable bonds is 6. The molecule has 2 saturated heterocycles. The smallest absolute Gasteiger partial charge is 0.323 e. The van der Waals surface area contributed by atoms with Gasteiger partial charge >= 0.3 is 6.03 Å². The van der Waals surface area contributed by atoms with Crippen LogP contribution in [0.2, 0.25) is 0 Å². The topological polar surface area (TPSA) is 134 Å². The van der Waals surface area contributed by atoms with Crippen molar-refractivity contribution in [1.82, 2.24) is 34.8 Å². The lowest BCUT2D eigenvalue weighted by molar-refractivity contribution is 0.0664. The molecule has 0 unspecified atom stereocenters. The van der Waals surface area contributed by atoms with Crippen LogP contribution < -0.4 is 15.5 Å². The predicted octanol–water partition coefficient (Wildman–Crippen LogP) is 3.20. The third-order valence-electron chi connectivity index (χ3n) is 7.54. The minimum atomic E-state index is -0.383. The fourth-order valence-electron chi connectivity index (χ4n) is 5.06. The van der Waals surface area contributed by atoms with Crippen molar-refractivity contribution in [3.8, 4) is 11.4 Å². The Bertz CT molecular complexity index is 1560. The van der Waals surface area contributed by atoms with Crippen LogP contribution in [0.25, 0.3) is 22.6 Å². The fraction of sp³-hybridized carbons (Fsp3) is 0.379. The molecule has 0 atom stereocenters. The highest BCUT2D eigenvalue weighted by molar-refractivity contribution is 6.00. The summed E-state index contributed by atoms with van der Waals surface area (Å²) in [5, 5.41) is 14.3. The van der Waals surface area contributed by atoms with E-state index in [9.17, 15) is 9.59 Å². The van der Waals surface area contributed by atoms with Crippen LogP contribution in [0.3, 0.4) is 0 Å². The van der Waals surface area contributed by atoms with Crippen LogP contribution in [0, 0.1) is 0 Å². The van der Waals surface area contributed by atoms with Crippen LogP contribution in [-0.4, -0.2) is 106 Å². The zero-order valence-corrected chi connectivity index (χ0v) is 25.0. The number of carbonyl (C=O) groups excluding carboxylic acids is 2. The van der Waals surface area contributed by atoms with Crippen molar-refractivity contribution >= 4 is 52.7 Å². The summed E-state index contributed by atoms with van der Waals surface area (Å²) >= 11 is 0. The summed E-state index contributed by atoms with van der Waals surface area (Å²) in [6.45, 7) is 8.50. The van der Waals surface area contributed by atoms with Crippen LogP contribution in [0.15, 0.2) is 48.5 Å². The molecular formula is C29H35ClN10O3. The number of hydrogen-bond acceptors (Lipinski definition) is 9. The molecule has 6 rings (SSSR count). The number of fused-ring (bicyclic) bond motifs is 1. The van der Waals surface area contributed by atoms with Gasteiger partial charge in [0.05, 0.1) is 13.2 Å². The van der Waals surface area contributed by atoms with Crippen LogP contribution in [0.5, 0.6) is 0 Å². The summed E-state index contributed by atoms with van der Waals surface area (Å²) in [6, 6.07) is 13.9. The molecule has 2 aromatic heterocycles. The first-order valence-corrected chi connectivity index (χ1v) is 14.2. The number of benzene rings is 2. The average molecular weight is 607 g/mol. The number of urea groups is 1. The molecule has 226 valence electrons. The number of ether oxygens (including phenoxy) is 1. The van der Waals surface area contributed by atoms with Gasteiger partial charge in [-0.1, -0.05) is 5.21 Å². The summed E-state index contributed by atoms with van der Waals surface area (Å²) < 4.78 is 7.28. The average Bonchev–Trinajstić information content (AvgIpc) is 3.45. The first-order valence-electron chi connectivity index (χ1n) is 14.2. The lowest BCUT2D eigenvalue weighted by atomic mass is 10.1. The predicted molar refractivity (Wildman–Crippen MR) is 167 cm³/mol. The molecule has 0 spiro atoms. The van der Waals surface area contributed by atoms with Crippen molar-refractivity contribution in [2.24, 2.45) is 0 Å². The second-order valence-corrected chi connectivity index (χ2v) is 10.4. The van der Waals surface area contributed by atoms with E-state index in [-0.39, 0.29) is 24.3 Å². The Morgan fingerprint density at radius 1 is 0.860 bits per heavy atom. The summed E-state index contributed by atoms with van der Waals surface area (Å²) in [5.41, 5.74) is 3.99. The number of aryl methyl sites for hydroxylation is 1. The van der Waals surface area contributed by atoms with E-state index < -0.39 is 0 Å². The van der Waals surface area contributed by atoms with Crippen molar-refractivity contribution in [2.75, 3.05) is 75.1 Å². The second kappa shape index (κ2) is 13.3. The van der Waals surface area contributed by atoms with E-state index in [0.717, 1.165) is 37.6 Å². The number of amides is 3. The Hall–Kier alpha value is -4.33. The Balaban J connectivity index is 0.00000368. The van der Waals surface area contributed by atoms with Gasteiger partial charge < -0.3 is 30.1 Å². The number of nitrogens with one attached hydrogen (secondary N) is 2. The number of nitrogens with zero attached hydrogens (tertiary/aromatic N) is 8. The van der Waals surface area contributed by atoms with Gasteiger partial charge in [0.2, 0.25) is 0 Å². The van der Waals surface area contributed by atoms with Gasteiger partial charge in [-0.05, 0) is 62.5 Å². The summed E-state index contributed by atoms with van der Waals surface area (Å²) in [7, 11) is 2.06. The normalized spacial score (nSPS) is 15.7. The van der Waals surface area contributed by atoms with Gasteiger partial charge in [0.25, 0.3) is 5.91 Å². The van der Waals surface area contributed by atoms with Gasteiger partial charge in [0.15, 0.2) is 22.8 Å². The molecule has 4 heterocycles.